The number of nitriles is 1. The summed E-state index contributed by atoms with van der Waals surface area (Å²) in [6.45, 7) is 2.63. The third-order valence-electron chi connectivity index (χ3n) is 5.64. The van der Waals surface area contributed by atoms with Gasteiger partial charge in [-0.1, -0.05) is 0 Å². The number of alkyl halides is 3. The Morgan fingerprint density at radius 1 is 1.25 bits per heavy atom. The summed E-state index contributed by atoms with van der Waals surface area (Å²) in [6, 6.07) is 4.66. The molecule has 4 rings (SSSR count). The first-order chi connectivity index (χ1) is 15.0. The fourth-order valence-corrected chi connectivity index (χ4v) is 4.89. The van der Waals surface area contributed by atoms with E-state index in [-0.39, 0.29) is 6.04 Å². The molecule has 32 heavy (non-hydrogen) atoms. The Morgan fingerprint density at radius 3 is 2.50 bits per heavy atom. The molecular weight excluding hydrogens is 443 g/mol. The summed E-state index contributed by atoms with van der Waals surface area (Å²) >= 11 is 0. The highest BCUT2D eigenvalue weighted by atomic mass is 32.2. The van der Waals surface area contributed by atoms with E-state index in [2.05, 4.69) is 16.0 Å². The highest BCUT2D eigenvalue weighted by Crippen LogP contribution is 2.41. The minimum atomic E-state index is -4.71. The van der Waals surface area contributed by atoms with E-state index in [1.165, 1.54) is 12.1 Å². The number of hydrogen-bond acceptors (Lipinski definition) is 5. The van der Waals surface area contributed by atoms with Gasteiger partial charge < -0.3 is 4.57 Å². The Hall–Kier alpha value is -2.97. The third-order valence-corrected chi connectivity index (χ3v) is 7.17. The van der Waals surface area contributed by atoms with Crippen LogP contribution in [-0.2, 0) is 10.0 Å². The minimum absolute atomic E-state index is 0.165. The number of aryl methyl sites for hydroxylation is 1. The minimum Gasteiger partial charge on any atom is -0.334 e. The predicted octanol–water partition coefficient (Wildman–Crippen LogP) is 4.23. The van der Waals surface area contributed by atoms with Gasteiger partial charge >= 0.3 is 6.18 Å². The van der Waals surface area contributed by atoms with Crippen LogP contribution < -0.4 is 4.72 Å². The second-order valence-electron chi connectivity index (χ2n) is 7.93. The highest BCUT2D eigenvalue weighted by Gasteiger charge is 2.39. The molecule has 0 radical (unpaired) electrons. The molecule has 0 bridgehead atoms. The van der Waals surface area contributed by atoms with Crippen molar-refractivity contribution < 1.29 is 21.6 Å². The molecule has 1 saturated carbocycles. The van der Waals surface area contributed by atoms with E-state index in [0.717, 1.165) is 43.5 Å². The zero-order chi connectivity index (χ0) is 23.3. The Labute approximate surface area is 183 Å². The largest absolute Gasteiger partial charge is 0.404 e. The summed E-state index contributed by atoms with van der Waals surface area (Å²) in [6.07, 6.45) is 0.885. The number of nitrogens with one attached hydrogen (secondary N) is 1. The van der Waals surface area contributed by atoms with Gasteiger partial charge in [0.25, 0.3) is 0 Å². The van der Waals surface area contributed by atoms with Crippen LogP contribution >= 0.6 is 0 Å². The second-order valence-corrected chi connectivity index (χ2v) is 9.65. The van der Waals surface area contributed by atoms with Gasteiger partial charge in [-0.3, -0.25) is 9.97 Å². The van der Waals surface area contributed by atoms with Gasteiger partial charge in [0, 0.05) is 18.4 Å². The van der Waals surface area contributed by atoms with Crippen molar-refractivity contribution >= 4 is 21.1 Å². The molecule has 168 valence electrons. The van der Waals surface area contributed by atoms with Crippen molar-refractivity contribution in [2.24, 2.45) is 0 Å². The van der Waals surface area contributed by atoms with Crippen LogP contribution in [0.4, 0.5) is 13.2 Å². The lowest BCUT2D eigenvalue weighted by Crippen LogP contribution is -2.42. The first-order valence-electron chi connectivity index (χ1n) is 9.99. The molecule has 0 saturated heterocycles. The van der Waals surface area contributed by atoms with Crippen LogP contribution in [0.5, 0.6) is 0 Å². The van der Waals surface area contributed by atoms with Crippen LogP contribution in [0, 0.1) is 18.3 Å². The molecule has 1 fully saturated rings. The number of pyridine rings is 2. The summed E-state index contributed by atoms with van der Waals surface area (Å²) in [5.41, 5.74) is 3.50. The van der Waals surface area contributed by atoms with E-state index >= 15 is 0 Å². The van der Waals surface area contributed by atoms with Crippen molar-refractivity contribution in [2.75, 3.05) is 0 Å². The van der Waals surface area contributed by atoms with Gasteiger partial charge in [-0.25, -0.2) is 8.42 Å². The van der Waals surface area contributed by atoms with Crippen LogP contribution in [-0.4, -0.2) is 35.2 Å². The zero-order valence-electron chi connectivity index (χ0n) is 17.3. The van der Waals surface area contributed by atoms with E-state index < -0.39 is 27.1 Å². The molecule has 1 atom stereocenters. The number of aromatic nitrogens is 3. The first kappa shape index (κ1) is 22.2. The van der Waals surface area contributed by atoms with Crippen molar-refractivity contribution in [3.05, 3.63) is 41.7 Å². The predicted molar refractivity (Wildman–Crippen MR) is 111 cm³/mol. The van der Waals surface area contributed by atoms with Gasteiger partial charge in [-0.15, -0.1) is 0 Å². The standard InChI is InChI=1S/C21H20F3N5O2S/c1-12-8-18-19(27-10-12)16(9-25)20(29(18)14-4-3-5-14)17-7-6-15(11-26-17)32(30,31)28-13(2)21(22,23)24/h6-8,10-11,13-14,28H,3-5H2,1-2H3/t13-/m0/s1. The third kappa shape index (κ3) is 3.84. The monoisotopic (exact) mass is 463 g/mol. The maximum Gasteiger partial charge on any atom is 0.404 e. The highest BCUT2D eigenvalue weighted by molar-refractivity contribution is 7.89. The Morgan fingerprint density at radius 2 is 1.97 bits per heavy atom. The van der Waals surface area contributed by atoms with Gasteiger partial charge in [0.05, 0.1) is 16.9 Å². The van der Waals surface area contributed by atoms with Crippen LogP contribution in [0.25, 0.3) is 22.4 Å². The number of rotatable bonds is 5. The smallest absolute Gasteiger partial charge is 0.334 e. The molecule has 0 spiro atoms. The summed E-state index contributed by atoms with van der Waals surface area (Å²) in [5.74, 6) is 0. The summed E-state index contributed by atoms with van der Waals surface area (Å²) in [4.78, 5) is 8.25. The SMILES string of the molecule is Cc1cnc2c(C#N)c(-c3ccc(S(=O)(=O)N[C@@H](C)C(F)(F)F)cn3)n(C3CCC3)c2c1. The van der Waals surface area contributed by atoms with Gasteiger partial charge in [0.2, 0.25) is 10.0 Å². The fraction of sp³-hybridized carbons (Fsp3) is 0.381. The summed E-state index contributed by atoms with van der Waals surface area (Å²) in [5, 5.41) is 9.85. The number of halogens is 3. The second kappa shape index (κ2) is 7.86. The molecule has 3 heterocycles. The van der Waals surface area contributed by atoms with Gasteiger partial charge in [0.1, 0.15) is 28.1 Å². The number of hydrogen-bond donors (Lipinski definition) is 1. The molecule has 0 aliphatic heterocycles. The summed E-state index contributed by atoms with van der Waals surface area (Å²) < 4.78 is 66.6. The Kier molecular flexibility index (Phi) is 5.46. The fourth-order valence-electron chi connectivity index (χ4n) is 3.71. The lowest BCUT2D eigenvalue weighted by atomic mass is 9.92. The molecule has 0 amide bonds. The number of sulfonamides is 1. The van der Waals surface area contributed by atoms with Crippen LogP contribution in [0.3, 0.4) is 0 Å². The normalized spacial score (nSPS) is 16.0. The maximum atomic E-state index is 12.8. The molecule has 11 heteroatoms. The van der Waals surface area contributed by atoms with Crippen LogP contribution in [0.2, 0.25) is 0 Å². The van der Waals surface area contributed by atoms with Gasteiger partial charge in [-0.2, -0.15) is 23.2 Å². The summed E-state index contributed by atoms with van der Waals surface area (Å²) in [7, 11) is -4.42. The molecule has 7 nitrogen and oxygen atoms in total. The molecule has 1 aliphatic carbocycles. The van der Waals surface area contributed by atoms with Gasteiger partial charge in [-0.05, 0) is 56.9 Å². The van der Waals surface area contributed by atoms with E-state index in [0.29, 0.717) is 22.5 Å². The Bertz CT molecular complexity index is 1320. The molecule has 3 aromatic rings. The molecular formula is C21H20F3N5O2S. The first-order valence-corrected chi connectivity index (χ1v) is 11.5. The number of fused-ring (bicyclic) bond motifs is 1. The van der Waals surface area contributed by atoms with E-state index in [9.17, 15) is 26.9 Å². The molecule has 0 aromatic carbocycles. The van der Waals surface area contributed by atoms with Crippen molar-refractivity contribution in [2.45, 2.75) is 56.3 Å². The lowest BCUT2D eigenvalue weighted by Gasteiger charge is -2.30. The van der Waals surface area contributed by atoms with Crippen LogP contribution in [0.15, 0.2) is 35.5 Å². The Balaban J connectivity index is 1.80. The lowest BCUT2D eigenvalue weighted by molar-refractivity contribution is -0.147. The van der Waals surface area contributed by atoms with Crippen LogP contribution in [0.1, 0.15) is 43.4 Å². The van der Waals surface area contributed by atoms with Crippen molar-refractivity contribution in [1.29, 1.82) is 5.26 Å². The quantitative estimate of drug-likeness (QED) is 0.610. The molecule has 1 aliphatic rings. The van der Waals surface area contributed by atoms with Gasteiger partial charge in [0.15, 0.2) is 0 Å². The van der Waals surface area contributed by atoms with Crippen molar-refractivity contribution in [3.8, 4) is 17.5 Å². The van der Waals surface area contributed by atoms with E-state index in [4.69, 9.17) is 0 Å². The average Bonchev–Trinajstić information content (AvgIpc) is 2.99. The van der Waals surface area contributed by atoms with E-state index in [1.54, 1.807) is 10.9 Å². The van der Waals surface area contributed by atoms with Crippen molar-refractivity contribution in [1.82, 2.24) is 19.3 Å². The topological polar surface area (TPSA) is 101 Å². The molecule has 3 aromatic heterocycles. The number of nitrogens with zero attached hydrogens (tertiary/aromatic N) is 4. The molecule has 1 N–H and O–H groups in total. The maximum absolute atomic E-state index is 12.8. The molecule has 0 unspecified atom stereocenters. The zero-order valence-corrected chi connectivity index (χ0v) is 18.1. The van der Waals surface area contributed by atoms with E-state index in [1.807, 2.05) is 17.6 Å². The average molecular weight is 463 g/mol. The van der Waals surface area contributed by atoms with Crippen molar-refractivity contribution in [3.63, 3.8) is 0 Å².